The molecular formula is C6H10N2O3. The number of methoxy groups -OCH3 is 1. The van der Waals surface area contributed by atoms with Crippen molar-refractivity contribution in [2.45, 2.75) is 0 Å². The molecule has 0 unspecified atom stereocenters. The predicted molar refractivity (Wildman–Crippen MR) is 37.6 cm³/mol. The molecule has 0 saturated heterocycles. The SMILES string of the molecule is COC(=O)OC1=CNCCN1. The molecule has 0 saturated carbocycles. The summed E-state index contributed by atoms with van der Waals surface area (Å²) in [6, 6.07) is 0. The van der Waals surface area contributed by atoms with Crippen molar-refractivity contribution in [1.82, 2.24) is 10.6 Å². The van der Waals surface area contributed by atoms with Crippen LogP contribution in [0.1, 0.15) is 0 Å². The smallest absolute Gasteiger partial charge is 0.437 e. The molecule has 0 atom stereocenters. The summed E-state index contributed by atoms with van der Waals surface area (Å²) >= 11 is 0. The van der Waals surface area contributed by atoms with Gasteiger partial charge in [0.25, 0.3) is 0 Å². The van der Waals surface area contributed by atoms with Gasteiger partial charge in [-0.25, -0.2) is 4.79 Å². The Bertz CT molecular complexity index is 179. The fraction of sp³-hybridized carbons (Fsp3) is 0.500. The topological polar surface area (TPSA) is 59.6 Å². The minimum Gasteiger partial charge on any atom is -0.437 e. The summed E-state index contributed by atoms with van der Waals surface area (Å²) < 4.78 is 8.95. The molecule has 1 rings (SSSR count). The van der Waals surface area contributed by atoms with E-state index in [0.29, 0.717) is 5.88 Å². The van der Waals surface area contributed by atoms with Crippen molar-refractivity contribution < 1.29 is 14.3 Å². The van der Waals surface area contributed by atoms with E-state index in [1.165, 1.54) is 7.11 Å². The van der Waals surface area contributed by atoms with Crippen LogP contribution in [0.4, 0.5) is 4.79 Å². The van der Waals surface area contributed by atoms with Crippen molar-refractivity contribution in [2.75, 3.05) is 20.2 Å². The van der Waals surface area contributed by atoms with Gasteiger partial charge in [0.2, 0.25) is 5.88 Å². The van der Waals surface area contributed by atoms with Gasteiger partial charge in [-0.1, -0.05) is 0 Å². The molecular weight excluding hydrogens is 148 g/mol. The highest BCUT2D eigenvalue weighted by Gasteiger charge is 2.07. The fourth-order valence-electron chi connectivity index (χ4n) is 0.671. The van der Waals surface area contributed by atoms with Crippen LogP contribution in [-0.2, 0) is 9.47 Å². The third kappa shape index (κ3) is 2.37. The zero-order chi connectivity index (χ0) is 8.10. The lowest BCUT2D eigenvalue weighted by Crippen LogP contribution is -2.32. The highest BCUT2D eigenvalue weighted by atomic mass is 16.7. The zero-order valence-electron chi connectivity index (χ0n) is 6.22. The van der Waals surface area contributed by atoms with Crippen molar-refractivity contribution in [3.8, 4) is 0 Å². The summed E-state index contributed by atoms with van der Waals surface area (Å²) in [5, 5.41) is 5.77. The van der Waals surface area contributed by atoms with Crippen molar-refractivity contribution >= 4 is 6.16 Å². The Kier molecular flexibility index (Phi) is 2.59. The highest BCUT2D eigenvalue weighted by molar-refractivity contribution is 5.61. The second kappa shape index (κ2) is 3.70. The van der Waals surface area contributed by atoms with Crippen LogP contribution in [-0.4, -0.2) is 26.4 Å². The molecule has 1 aliphatic rings. The second-order valence-electron chi connectivity index (χ2n) is 1.95. The largest absolute Gasteiger partial charge is 0.514 e. The van der Waals surface area contributed by atoms with Crippen LogP contribution in [0, 0.1) is 0 Å². The molecule has 0 aromatic heterocycles. The first-order chi connectivity index (χ1) is 5.33. The standard InChI is InChI=1S/C6H10N2O3/c1-10-6(9)11-5-4-7-2-3-8-5/h4,7-8H,2-3H2,1H3. The summed E-state index contributed by atoms with van der Waals surface area (Å²) in [5.41, 5.74) is 0. The number of nitrogens with one attached hydrogen (secondary N) is 2. The van der Waals surface area contributed by atoms with Crippen molar-refractivity contribution in [3.63, 3.8) is 0 Å². The van der Waals surface area contributed by atoms with Gasteiger partial charge in [-0.3, -0.25) is 0 Å². The third-order valence-corrected chi connectivity index (χ3v) is 1.16. The Morgan fingerprint density at radius 1 is 1.64 bits per heavy atom. The Morgan fingerprint density at radius 2 is 2.45 bits per heavy atom. The first kappa shape index (κ1) is 7.71. The maximum Gasteiger partial charge on any atom is 0.514 e. The summed E-state index contributed by atoms with van der Waals surface area (Å²) in [5.74, 6) is 0.392. The molecule has 62 valence electrons. The number of carbonyl (C=O) groups excluding carboxylic acids is 1. The van der Waals surface area contributed by atoms with Gasteiger partial charge in [0, 0.05) is 13.1 Å². The van der Waals surface area contributed by atoms with Crippen molar-refractivity contribution in [3.05, 3.63) is 12.1 Å². The molecule has 0 aromatic carbocycles. The minimum atomic E-state index is -0.715. The number of carbonyl (C=O) groups is 1. The van der Waals surface area contributed by atoms with Gasteiger partial charge >= 0.3 is 6.16 Å². The van der Waals surface area contributed by atoms with E-state index >= 15 is 0 Å². The molecule has 0 aliphatic carbocycles. The molecule has 0 radical (unpaired) electrons. The minimum absolute atomic E-state index is 0.392. The summed E-state index contributed by atoms with van der Waals surface area (Å²) in [4.78, 5) is 10.5. The Hall–Kier alpha value is -1.39. The van der Waals surface area contributed by atoms with Crippen LogP contribution < -0.4 is 10.6 Å². The van der Waals surface area contributed by atoms with Gasteiger partial charge in [0.15, 0.2) is 0 Å². The first-order valence-electron chi connectivity index (χ1n) is 3.26. The summed E-state index contributed by atoms with van der Waals surface area (Å²) in [7, 11) is 1.26. The molecule has 0 fully saturated rings. The van der Waals surface area contributed by atoms with Crippen LogP contribution in [0.5, 0.6) is 0 Å². The molecule has 1 heterocycles. The normalized spacial score (nSPS) is 15.5. The summed E-state index contributed by atoms with van der Waals surface area (Å²) in [6.07, 6.45) is 0.868. The molecule has 5 nitrogen and oxygen atoms in total. The number of ether oxygens (including phenoxy) is 2. The van der Waals surface area contributed by atoms with Crippen LogP contribution in [0.25, 0.3) is 0 Å². The summed E-state index contributed by atoms with van der Waals surface area (Å²) in [6.45, 7) is 1.57. The Balaban J connectivity index is 2.35. The molecule has 11 heavy (non-hydrogen) atoms. The van der Waals surface area contributed by atoms with E-state index in [-0.39, 0.29) is 0 Å². The molecule has 1 aliphatic heterocycles. The van der Waals surface area contributed by atoms with Gasteiger partial charge < -0.3 is 20.1 Å². The Morgan fingerprint density at radius 3 is 3.00 bits per heavy atom. The van der Waals surface area contributed by atoms with E-state index < -0.39 is 6.16 Å². The van der Waals surface area contributed by atoms with E-state index in [2.05, 4.69) is 20.1 Å². The van der Waals surface area contributed by atoms with Crippen molar-refractivity contribution in [1.29, 1.82) is 0 Å². The average molecular weight is 158 g/mol. The van der Waals surface area contributed by atoms with Gasteiger partial charge in [-0.05, 0) is 0 Å². The zero-order valence-corrected chi connectivity index (χ0v) is 6.22. The molecule has 2 N–H and O–H groups in total. The van der Waals surface area contributed by atoms with E-state index in [0.717, 1.165) is 13.1 Å². The number of hydrogen-bond acceptors (Lipinski definition) is 5. The average Bonchev–Trinajstić information content (AvgIpc) is 2.06. The maximum absolute atomic E-state index is 10.5. The molecule has 0 aromatic rings. The number of rotatable bonds is 1. The van der Waals surface area contributed by atoms with Gasteiger partial charge in [-0.15, -0.1) is 0 Å². The lowest BCUT2D eigenvalue weighted by molar-refractivity contribution is 0.0907. The highest BCUT2D eigenvalue weighted by Crippen LogP contribution is 1.95. The van der Waals surface area contributed by atoms with Gasteiger partial charge in [0.05, 0.1) is 13.3 Å². The predicted octanol–water partition coefficient (Wildman–Crippen LogP) is -0.239. The molecule has 0 bridgehead atoms. The number of hydrogen-bond donors (Lipinski definition) is 2. The second-order valence-corrected chi connectivity index (χ2v) is 1.95. The van der Waals surface area contributed by atoms with Crippen LogP contribution in [0.15, 0.2) is 12.1 Å². The maximum atomic E-state index is 10.5. The van der Waals surface area contributed by atoms with Gasteiger partial charge in [0.1, 0.15) is 0 Å². The van der Waals surface area contributed by atoms with Crippen LogP contribution in [0.2, 0.25) is 0 Å². The van der Waals surface area contributed by atoms with E-state index in [9.17, 15) is 4.79 Å². The molecule has 0 amide bonds. The molecule has 5 heteroatoms. The monoisotopic (exact) mass is 158 g/mol. The lowest BCUT2D eigenvalue weighted by atomic mass is 10.5. The van der Waals surface area contributed by atoms with Crippen molar-refractivity contribution in [2.24, 2.45) is 0 Å². The Labute approximate surface area is 64.4 Å². The van der Waals surface area contributed by atoms with Crippen LogP contribution >= 0.6 is 0 Å². The first-order valence-corrected chi connectivity index (χ1v) is 3.26. The fourth-order valence-corrected chi connectivity index (χ4v) is 0.671. The van der Waals surface area contributed by atoms with E-state index in [4.69, 9.17) is 0 Å². The lowest BCUT2D eigenvalue weighted by Gasteiger charge is -2.14. The van der Waals surface area contributed by atoms with E-state index in [1.807, 2.05) is 0 Å². The van der Waals surface area contributed by atoms with Gasteiger partial charge in [-0.2, -0.15) is 0 Å². The van der Waals surface area contributed by atoms with Crippen LogP contribution in [0.3, 0.4) is 0 Å². The quantitative estimate of drug-likeness (QED) is 0.516. The third-order valence-electron chi connectivity index (χ3n) is 1.16. The molecule has 0 spiro atoms. The van der Waals surface area contributed by atoms with E-state index in [1.54, 1.807) is 6.20 Å².